The summed E-state index contributed by atoms with van der Waals surface area (Å²) in [7, 11) is 0. The smallest absolute Gasteiger partial charge is 0.251 e. The fourth-order valence-corrected chi connectivity index (χ4v) is 2.10. The molecule has 0 unspecified atom stereocenters. The SMILES string of the molecule is CCCc1cc(C(=O)NCCc2ccncc2)cc(N)n1. The van der Waals surface area contributed by atoms with E-state index in [0.717, 1.165) is 30.5 Å². The van der Waals surface area contributed by atoms with Crippen LogP contribution in [0, 0.1) is 0 Å². The number of rotatable bonds is 6. The van der Waals surface area contributed by atoms with Crippen molar-refractivity contribution in [3.05, 3.63) is 53.5 Å². The Labute approximate surface area is 124 Å². The van der Waals surface area contributed by atoms with Crippen LogP contribution in [0.5, 0.6) is 0 Å². The van der Waals surface area contributed by atoms with Crippen molar-refractivity contribution in [2.24, 2.45) is 0 Å². The zero-order chi connectivity index (χ0) is 15.1. The quantitative estimate of drug-likeness (QED) is 0.850. The third kappa shape index (κ3) is 4.56. The van der Waals surface area contributed by atoms with E-state index in [9.17, 15) is 4.79 Å². The summed E-state index contributed by atoms with van der Waals surface area (Å²) in [5.74, 6) is 0.274. The number of anilines is 1. The van der Waals surface area contributed by atoms with Crippen LogP contribution < -0.4 is 11.1 Å². The highest BCUT2D eigenvalue weighted by molar-refractivity contribution is 5.94. The van der Waals surface area contributed by atoms with E-state index in [1.807, 2.05) is 18.2 Å². The molecule has 0 aromatic carbocycles. The molecule has 0 saturated carbocycles. The van der Waals surface area contributed by atoms with E-state index in [2.05, 4.69) is 22.2 Å². The van der Waals surface area contributed by atoms with Crippen molar-refractivity contribution in [2.75, 3.05) is 12.3 Å². The Hall–Kier alpha value is -2.43. The van der Waals surface area contributed by atoms with Gasteiger partial charge in [-0.25, -0.2) is 4.98 Å². The van der Waals surface area contributed by atoms with E-state index in [4.69, 9.17) is 5.73 Å². The number of nitrogens with one attached hydrogen (secondary N) is 1. The highest BCUT2D eigenvalue weighted by atomic mass is 16.1. The van der Waals surface area contributed by atoms with E-state index in [1.165, 1.54) is 0 Å². The molecule has 5 nitrogen and oxygen atoms in total. The van der Waals surface area contributed by atoms with Crippen molar-refractivity contribution in [2.45, 2.75) is 26.2 Å². The van der Waals surface area contributed by atoms with Crippen molar-refractivity contribution < 1.29 is 4.79 Å². The lowest BCUT2D eigenvalue weighted by Crippen LogP contribution is -2.26. The summed E-state index contributed by atoms with van der Waals surface area (Å²) in [4.78, 5) is 20.3. The van der Waals surface area contributed by atoms with Crippen LogP contribution in [-0.2, 0) is 12.8 Å². The predicted molar refractivity (Wildman–Crippen MR) is 82.9 cm³/mol. The Balaban J connectivity index is 1.94. The van der Waals surface area contributed by atoms with Crippen molar-refractivity contribution in [1.29, 1.82) is 0 Å². The molecule has 0 aliphatic heterocycles. The number of hydrogen-bond donors (Lipinski definition) is 2. The molecular weight excluding hydrogens is 264 g/mol. The molecule has 0 bridgehead atoms. The second kappa shape index (κ2) is 7.38. The maximum atomic E-state index is 12.1. The molecule has 0 saturated heterocycles. The van der Waals surface area contributed by atoms with Crippen molar-refractivity contribution in [3.8, 4) is 0 Å². The van der Waals surface area contributed by atoms with Crippen LogP contribution >= 0.6 is 0 Å². The van der Waals surface area contributed by atoms with Gasteiger partial charge in [0, 0.05) is 30.2 Å². The molecular formula is C16H20N4O. The van der Waals surface area contributed by atoms with Crippen molar-refractivity contribution in [1.82, 2.24) is 15.3 Å². The number of hydrogen-bond acceptors (Lipinski definition) is 4. The van der Waals surface area contributed by atoms with E-state index in [0.29, 0.717) is 17.9 Å². The van der Waals surface area contributed by atoms with E-state index >= 15 is 0 Å². The molecule has 1 amide bonds. The molecule has 0 fully saturated rings. The van der Waals surface area contributed by atoms with Gasteiger partial charge in [-0.2, -0.15) is 0 Å². The zero-order valence-electron chi connectivity index (χ0n) is 12.2. The van der Waals surface area contributed by atoms with E-state index in [1.54, 1.807) is 18.5 Å². The first-order chi connectivity index (χ1) is 10.2. The van der Waals surface area contributed by atoms with Gasteiger partial charge in [0.05, 0.1) is 0 Å². The predicted octanol–water partition coefficient (Wildman–Crippen LogP) is 1.98. The summed E-state index contributed by atoms with van der Waals surface area (Å²) in [6.45, 7) is 2.65. The number of aryl methyl sites for hydroxylation is 1. The molecule has 2 aromatic heterocycles. The second-order valence-corrected chi connectivity index (χ2v) is 4.88. The van der Waals surface area contributed by atoms with Crippen LogP contribution in [0.4, 0.5) is 5.82 Å². The van der Waals surface area contributed by atoms with Gasteiger partial charge in [-0.1, -0.05) is 13.3 Å². The Bertz CT molecular complexity index is 598. The standard InChI is InChI=1S/C16H20N4O/c1-2-3-14-10-13(11-15(17)20-14)16(21)19-9-6-12-4-7-18-8-5-12/h4-5,7-8,10-11H,2-3,6,9H2,1H3,(H2,17,20)(H,19,21). The Morgan fingerprint density at radius 2 is 2.00 bits per heavy atom. The Morgan fingerprint density at radius 3 is 2.71 bits per heavy atom. The molecule has 0 radical (unpaired) electrons. The van der Waals surface area contributed by atoms with Gasteiger partial charge in [0.25, 0.3) is 5.91 Å². The van der Waals surface area contributed by atoms with Gasteiger partial charge in [0.15, 0.2) is 0 Å². The first-order valence-electron chi connectivity index (χ1n) is 7.12. The summed E-state index contributed by atoms with van der Waals surface area (Å²) in [5, 5.41) is 2.90. The first kappa shape index (κ1) is 15.0. The van der Waals surface area contributed by atoms with Crippen molar-refractivity contribution in [3.63, 3.8) is 0 Å². The maximum absolute atomic E-state index is 12.1. The lowest BCUT2D eigenvalue weighted by Gasteiger charge is -2.08. The molecule has 0 aliphatic rings. The van der Waals surface area contributed by atoms with Crippen LogP contribution in [0.1, 0.15) is 35.0 Å². The van der Waals surface area contributed by atoms with Crippen molar-refractivity contribution >= 4 is 11.7 Å². The van der Waals surface area contributed by atoms with Crippen LogP contribution in [0.25, 0.3) is 0 Å². The fourth-order valence-electron chi connectivity index (χ4n) is 2.10. The summed E-state index contributed by atoms with van der Waals surface area (Å²) in [5.41, 5.74) is 8.32. The van der Waals surface area contributed by atoms with Crippen LogP contribution in [-0.4, -0.2) is 22.4 Å². The molecule has 2 heterocycles. The lowest BCUT2D eigenvalue weighted by atomic mass is 10.1. The maximum Gasteiger partial charge on any atom is 0.251 e. The topological polar surface area (TPSA) is 80.9 Å². The van der Waals surface area contributed by atoms with Gasteiger partial charge in [-0.15, -0.1) is 0 Å². The lowest BCUT2D eigenvalue weighted by molar-refractivity contribution is 0.0954. The largest absolute Gasteiger partial charge is 0.384 e. The molecule has 5 heteroatoms. The van der Waals surface area contributed by atoms with Crippen LogP contribution in [0.15, 0.2) is 36.7 Å². The number of aromatic nitrogens is 2. The minimum Gasteiger partial charge on any atom is -0.384 e. The number of nitrogens with two attached hydrogens (primary N) is 1. The van der Waals surface area contributed by atoms with Crippen LogP contribution in [0.3, 0.4) is 0 Å². The van der Waals surface area contributed by atoms with Gasteiger partial charge in [0.2, 0.25) is 0 Å². The average molecular weight is 284 g/mol. The highest BCUT2D eigenvalue weighted by Gasteiger charge is 2.08. The van der Waals surface area contributed by atoms with Gasteiger partial charge in [-0.05, 0) is 42.7 Å². The summed E-state index contributed by atoms with van der Waals surface area (Å²) in [6.07, 6.45) is 6.06. The number of nitrogen functional groups attached to an aromatic ring is 1. The number of carbonyl (C=O) groups excluding carboxylic acids is 1. The monoisotopic (exact) mass is 284 g/mol. The number of amides is 1. The van der Waals surface area contributed by atoms with Gasteiger partial charge in [0.1, 0.15) is 5.82 Å². The highest BCUT2D eigenvalue weighted by Crippen LogP contribution is 2.09. The Morgan fingerprint density at radius 1 is 1.24 bits per heavy atom. The molecule has 110 valence electrons. The van der Waals surface area contributed by atoms with Gasteiger partial charge < -0.3 is 11.1 Å². The van der Waals surface area contributed by atoms with E-state index in [-0.39, 0.29) is 5.91 Å². The minimum absolute atomic E-state index is 0.115. The number of carbonyl (C=O) groups is 1. The molecule has 0 aliphatic carbocycles. The van der Waals surface area contributed by atoms with Crippen LogP contribution in [0.2, 0.25) is 0 Å². The molecule has 21 heavy (non-hydrogen) atoms. The number of nitrogens with zero attached hydrogens (tertiary/aromatic N) is 2. The average Bonchev–Trinajstić information content (AvgIpc) is 2.48. The summed E-state index contributed by atoms with van der Waals surface area (Å²) >= 11 is 0. The summed E-state index contributed by atoms with van der Waals surface area (Å²) < 4.78 is 0. The zero-order valence-corrected chi connectivity index (χ0v) is 12.2. The molecule has 0 spiro atoms. The third-order valence-electron chi connectivity index (χ3n) is 3.12. The first-order valence-corrected chi connectivity index (χ1v) is 7.12. The molecule has 2 aromatic rings. The normalized spacial score (nSPS) is 10.3. The minimum atomic E-state index is -0.115. The van der Waals surface area contributed by atoms with Gasteiger partial charge >= 0.3 is 0 Å². The van der Waals surface area contributed by atoms with Gasteiger partial charge in [-0.3, -0.25) is 9.78 Å². The fraction of sp³-hybridized carbons (Fsp3) is 0.312. The summed E-state index contributed by atoms with van der Waals surface area (Å²) in [6, 6.07) is 7.30. The number of pyridine rings is 2. The molecule has 2 rings (SSSR count). The molecule has 0 atom stereocenters. The third-order valence-corrected chi connectivity index (χ3v) is 3.12. The second-order valence-electron chi connectivity index (χ2n) is 4.88. The molecule has 3 N–H and O–H groups in total. The Kier molecular flexibility index (Phi) is 5.26. The van der Waals surface area contributed by atoms with E-state index < -0.39 is 0 Å².